The van der Waals surface area contributed by atoms with Gasteiger partial charge in [-0.15, -0.1) is 0 Å². The summed E-state index contributed by atoms with van der Waals surface area (Å²) in [6.07, 6.45) is 3.29. The Kier molecular flexibility index (Phi) is 6.92. The van der Waals surface area contributed by atoms with E-state index in [1.54, 1.807) is 36.7 Å². The molecule has 0 bridgehead atoms. The van der Waals surface area contributed by atoms with Gasteiger partial charge < -0.3 is 20.5 Å². The molecule has 1 heterocycles. The van der Waals surface area contributed by atoms with E-state index in [1.807, 2.05) is 32.0 Å². The number of hydrogen-bond acceptors (Lipinski definition) is 6. The van der Waals surface area contributed by atoms with E-state index in [9.17, 15) is 4.79 Å². The van der Waals surface area contributed by atoms with Gasteiger partial charge in [0.25, 0.3) is 5.91 Å². The second-order valence-electron chi connectivity index (χ2n) is 6.30. The van der Waals surface area contributed by atoms with Gasteiger partial charge in [0.1, 0.15) is 0 Å². The predicted molar refractivity (Wildman–Crippen MR) is 118 cm³/mol. The number of nitrogens with one attached hydrogen (secondary N) is 1. The number of nitrogen functional groups attached to an aromatic ring is 1. The van der Waals surface area contributed by atoms with Crippen LogP contribution in [-0.4, -0.2) is 35.0 Å². The second-order valence-corrected chi connectivity index (χ2v) is 6.70. The van der Waals surface area contributed by atoms with Gasteiger partial charge in [-0.3, -0.25) is 4.79 Å². The Hall–Kier alpha value is -3.52. The van der Waals surface area contributed by atoms with Gasteiger partial charge in [-0.2, -0.15) is 5.10 Å². The first-order valence-electron chi connectivity index (χ1n) is 9.26. The Morgan fingerprint density at radius 1 is 1.30 bits per heavy atom. The average molecular weight is 428 g/mol. The number of rotatable bonds is 8. The molecule has 1 amide bonds. The highest BCUT2D eigenvalue weighted by molar-refractivity contribution is 6.32. The second kappa shape index (κ2) is 9.80. The molecule has 0 saturated carbocycles. The highest BCUT2D eigenvalue weighted by Gasteiger charge is 2.14. The summed E-state index contributed by atoms with van der Waals surface area (Å²) in [5.41, 5.74) is 7.91. The maximum Gasteiger partial charge on any atom is 0.262 e. The lowest BCUT2D eigenvalue weighted by Crippen LogP contribution is -2.20. The van der Waals surface area contributed by atoms with Gasteiger partial charge in [0.2, 0.25) is 5.95 Å². The van der Waals surface area contributed by atoms with Crippen molar-refractivity contribution in [2.24, 2.45) is 5.10 Å². The highest BCUT2D eigenvalue weighted by Crippen LogP contribution is 2.36. The fourth-order valence-electron chi connectivity index (χ4n) is 2.65. The van der Waals surface area contributed by atoms with E-state index in [4.69, 9.17) is 26.8 Å². The van der Waals surface area contributed by atoms with E-state index in [2.05, 4.69) is 15.4 Å². The molecule has 9 heteroatoms. The summed E-state index contributed by atoms with van der Waals surface area (Å²) < 4.78 is 12.7. The zero-order valence-corrected chi connectivity index (χ0v) is 17.4. The molecular weight excluding hydrogens is 406 g/mol. The maximum atomic E-state index is 12.2. The van der Waals surface area contributed by atoms with Gasteiger partial charge in [0.15, 0.2) is 18.1 Å². The van der Waals surface area contributed by atoms with Crippen LogP contribution in [0.5, 0.6) is 11.5 Å². The number of para-hydroxylation sites is 1. The van der Waals surface area contributed by atoms with Crippen molar-refractivity contribution in [3.8, 4) is 11.5 Å². The number of halogens is 1. The van der Waals surface area contributed by atoms with Crippen molar-refractivity contribution in [2.45, 2.75) is 13.8 Å². The fraction of sp³-hybridized carbons (Fsp3) is 0.190. The summed E-state index contributed by atoms with van der Waals surface area (Å²) in [5.74, 6) is 0.672. The number of hydrogen-bond donors (Lipinski definition) is 2. The van der Waals surface area contributed by atoms with E-state index >= 15 is 0 Å². The highest BCUT2D eigenvalue weighted by atomic mass is 35.5. The molecule has 0 saturated heterocycles. The van der Waals surface area contributed by atoms with Crippen LogP contribution in [0, 0.1) is 6.92 Å². The van der Waals surface area contributed by atoms with Gasteiger partial charge in [-0.05, 0) is 43.7 Å². The number of aryl methyl sites for hydroxylation is 1. The molecule has 0 spiro atoms. The lowest BCUT2D eigenvalue weighted by Gasteiger charge is -2.14. The molecule has 0 radical (unpaired) electrons. The number of carbonyl (C=O) groups is 1. The Bertz CT molecular complexity index is 1050. The first-order chi connectivity index (χ1) is 14.5. The number of amides is 1. The summed E-state index contributed by atoms with van der Waals surface area (Å²) in [5, 5.41) is 7.32. The summed E-state index contributed by atoms with van der Waals surface area (Å²) in [7, 11) is 0. The molecule has 3 aromatic rings. The zero-order chi connectivity index (χ0) is 21.5. The Morgan fingerprint density at radius 3 is 2.73 bits per heavy atom. The quantitative estimate of drug-likeness (QED) is 0.533. The van der Waals surface area contributed by atoms with Crippen LogP contribution in [0.25, 0.3) is 0 Å². The minimum atomic E-state index is -0.309. The number of nitrogens with two attached hydrogens (primary N) is 1. The predicted octanol–water partition coefficient (Wildman–Crippen LogP) is 3.73. The number of nitrogens with zero attached hydrogens (tertiary/aromatic N) is 3. The summed E-state index contributed by atoms with van der Waals surface area (Å²) >= 11 is 6.39. The third-order valence-electron chi connectivity index (χ3n) is 3.90. The minimum absolute atomic E-state index is 0.215. The first kappa shape index (κ1) is 21.2. The molecule has 2 aromatic carbocycles. The van der Waals surface area contributed by atoms with Crippen LogP contribution in [0.4, 0.5) is 11.6 Å². The topological polar surface area (TPSA) is 104 Å². The van der Waals surface area contributed by atoms with Crippen LogP contribution in [0.3, 0.4) is 0 Å². The van der Waals surface area contributed by atoms with Crippen LogP contribution in [-0.2, 0) is 4.79 Å². The summed E-state index contributed by atoms with van der Waals surface area (Å²) in [6, 6.07) is 12.5. The van der Waals surface area contributed by atoms with Gasteiger partial charge in [0, 0.05) is 5.69 Å². The number of anilines is 2. The van der Waals surface area contributed by atoms with Crippen molar-refractivity contribution in [2.75, 3.05) is 24.3 Å². The number of aromatic nitrogens is 2. The Balaban J connectivity index is 1.74. The van der Waals surface area contributed by atoms with E-state index in [-0.39, 0.29) is 24.2 Å². The van der Waals surface area contributed by atoms with Crippen molar-refractivity contribution in [3.63, 3.8) is 0 Å². The van der Waals surface area contributed by atoms with E-state index in [1.165, 1.54) is 4.68 Å². The number of benzene rings is 2. The molecule has 3 N–H and O–H groups in total. The molecule has 1 aromatic heterocycles. The lowest BCUT2D eigenvalue weighted by atomic mass is 10.2. The normalized spacial score (nSPS) is 10.9. The number of carbonyl (C=O) groups excluding carboxylic acids is 1. The largest absolute Gasteiger partial charge is 0.490 e. The molecule has 0 aliphatic heterocycles. The van der Waals surface area contributed by atoms with Gasteiger partial charge in [-0.25, -0.2) is 9.66 Å². The Labute approximate surface area is 179 Å². The van der Waals surface area contributed by atoms with Crippen LogP contribution in [0.1, 0.15) is 18.2 Å². The molecule has 0 aliphatic rings. The zero-order valence-electron chi connectivity index (χ0n) is 16.6. The summed E-state index contributed by atoms with van der Waals surface area (Å²) in [4.78, 5) is 16.3. The van der Waals surface area contributed by atoms with Crippen LogP contribution in [0.2, 0.25) is 5.02 Å². The molecule has 8 nitrogen and oxygen atoms in total. The van der Waals surface area contributed by atoms with Gasteiger partial charge >= 0.3 is 0 Å². The van der Waals surface area contributed by atoms with E-state index < -0.39 is 0 Å². The van der Waals surface area contributed by atoms with Crippen LogP contribution in [0.15, 0.2) is 53.8 Å². The third-order valence-corrected chi connectivity index (χ3v) is 4.18. The SMILES string of the molecule is CCOc1cc(C=Nn2cc(C)nc2N)cc(Cl)c1OCC(=O)Nc1ccccc1. The van der Waals surface area contributed by atoms with E-state index in [0.29, 0.717) is 28.6 Å². The molecule has 0 fully saturated rings. The summed E-state index contributed by atoms with van der Waals surface area (Å²) in [6.45, 7) is 3.85. The fourth-order valence-corrected chi connectivity index (χ4v) is 2.92. The lowest BCUT2D eigenvalue weighted by molar-refractivity contribution is -0.118. The molecule has 30 heavy (non-hydrogen) atoms. The molecule has 3 rings (SSSR count). The van der Waals surface area contributed by atoms with Crippen molar-refractivity contribution >= 4 is 35.4 Å². The van der Waals surface area contributed by atoms with Gasteiger partial charge in [0.05, 0.1) is 29.7 Å². The van der Waals surface area contributed by atoms with Gasteiger partial charge in [-0.1, -0.05) is 29.8 Å². The standard InChI is InChI=1S/C21H22ClN5O3/c1-3-29-18-10-15(11-24-27-12-14(2)25-21(27)23)9-17(22)20(18)30-13-19(28)26-16-7-5-4-6-8-16/h4-12H,3,13H2,1-2H3,(H2,23,25)(H,26,28). The third kappa shape index (κ3) is 5.51. The molecule has 156 valence electrons. The number of imidazole rings is 1. The minimum Gasteiger partial charge on any atom is -0.490 e. The Morgan fingerprint density at radius 2 is 2.07 bits per heavy atom. The monoisotopic (exact) mass is 427 g/mol. The van der Waals surface area contributed by atoms with Crippen molar-refractivity contribution in [3.05, 3.63) is 64.9 Å². The van der Waals surface area contributed by atoms with E-state index in [0.717, 1.165) is 5.69 Å². The van der Waals surface area contributed by atoms with Crippen LogP contribution < -0.4 is 20.5 Å². The molecule has 0 aliphatic carbocycles. The van der Waals surface area contributed by atoms with Crippen molar-refractivity contribution < 1.29 is 14.3 Å². The number of ether oxygens (including phenoxy) is 2. The first-order valence-corrected chi connectivity index (χ1v) is 9.64. The maximum absolute atomic E-state index is 12.2. The smallest absolute Gasteiger partial charge is 0.262 e. The van der Waals surface area contributed by atoms with Crippen LogP contribution >= 0.6 is 11.6 Å². The van der Waals surface area contributed by atoms with Crippen molar-refractivity contribution in [1.29, 1.82) is 0 Å². The molecule has 0 atom stereocenters. The average Bonchev–Trinajstić information content (AvgIpc) is 3.03. The molecule has 0 unspecified atom stereocenters. The van der Waals surface area contributed by atoms with Crippen molar-refractivity contribution in [1.82, 2.24) is 9.66 Å². The molecular formula is C21H22ClN5O3.